The van der Waals surface area contributed by atoms with E-state index in [2.05, 4.69) is 6.92 Å². The van der Waals surface area contributed by atoms with Crippen LogP contribution in [-0.2, 0) is 4.84 Å². The van der Waals surface area contributed by atoms with Gasteiger partial charge in [-0.05, 0) is 18.6 Å². The smallest absolute Gasteiger partial charge is 0.280 e. The van der Waals surface area contributed by atoms with Crippen LogP contribution in [0.15, 0.2) is 24.3 Å². The van der Waals surface area contributed by atoms with Crippen LogP contribution in [0.25, 0.3) is 0 Å². The van der Waals surface area contributed by atoms with E-state index in [0.29, 0.717) is 17.9 Å². The average Bonchev–Trinajstić information content (AvgIpc) is 2.38. The predicted molar refractivity (Wildman–Crippen MR) is 65.9 cm³/mol. The van der Waals surface area contributed by atoms with Gasteiger partial charge in [0, 0.05) is 7.05 Å². The lowest BCUT2D eigenvalue weighted by Crippen LogP contribution is -2.25. The van der Waals surface area contributed by atoms with E-state index in [1.807, 2.05) is 12.1 Å². The molecule has 1 aromatic carbocycles. The molecule has 4 heteroatoms. The molecular weight excluding hydrogens is 218 g/mol. The van der Waals surface area contributed by atoms with Gasteiger partial charge >= 0.3 is 0 Å². The van der Waals surface area contributed by atoms with Gasteiger partial charge in [0.1, 0.15) is 5.75 Å². The van der Waals surface area contributed by atoms with Crippen LogP contribution in [-0.4, -0.2) is 31.7 Å². The van der Waals surface area contributed by atoms with Crippen molar-refractivity contribution in [2.75, 3.05) is 20.8 Å². The van der Waals surface area contributed by atoms with Gasteiger partial charge in [-0.1, -0.05) is 25.5 Å². The number of hydrogen-bond acceptors (Lipinski definition) is 3. The van der Waals surface area contributed by atoms with Crippen LogP contribution in [0.3, 0.4) is 0 Å². The van der Waals surface area contributed by atoms with Crippen molar-refractivity contribution >= 4 is 5.91 Å². The van der Waals surface area contributed by atoms with Gasteiger partial charge in [-0.3, -0.25) is 9.63 Å². The molecule has 0 heterocycles. The lowest BCUT2D eigenvalue weighted by atomic mass is 10.2. The number of para-hydroxylation sites is 1. The summed E-state index contributed by atoms with van der Waals surface area (Å²) in [4.78, 5) is 16.8. The molecular formula is C13H19NO3. The Morgan fingerprint density at radius 2 is 2.06 bits per heavy atom. The van der Waals surface area contributed by atoms with Gasteiger partial charge in [-0.2, -0.15) is 0 Å². The first-order valence-corrected chi connectivity index (χ1v) is 5.74. The normalized spacial score (nSPS) is 10.1. The van der Waals surface area contributed by atoms with E-state index in [1.54, 1.807) is 19.2 Å². The van der Waals surface area contributed by atoms with Crippen LogP contribution in [0.2, 0.25) is 0 Å². The topological polar surface area (TPSA) is 38.8 Å². The zero-order valence-corrected chi connectivity index (χ0v) is 10.6. The minimum Gasteiger partial charge on any atom is -0.493 e. The predicted octanol–water partition coefficient (Wildman–Crippen LogP) is 2.50. The Morgan fingerprint density at radius 1 is 1.35 bits per heavy atom. The first-order valence-electron chi connectivity index (χ1n) is 5.74. The molecule has 1 aromatic rings. The summed E-state index contributed by atoms with van der Waals surface area (Å²) in [7, 11) is 3.03. The second-order valence-electron chi connectivity index (χ2n) is 3.68. The number of hydrogen-bond donors (Lipinski definition) is 0. The monoisotopic (exact) mass is 237 g/mol. The summed E-state index contributed by atoms with van der Waals surface area (Å²) >= 11 is 0. The maximum Gasteiger partial charge on any atom is 0.280 e. The fourth-order valence-corrected chi connectivity index (χ4v) is 1.35. The largest absolute Gasteiger partial charge is 0.493 e. The van der Waals surface area contributed by atoms with Gasteiger partial charge in [-0.25, -0.2) is 5.06 Å². The van der Waals surface area contributed by atoms with Crippen LogP contribution in [0.4, 0.5) is 0 Å². The molecule has 0 fully saturated rings. The SMILES string of the molecule is CCCCOc1ccccc1C(=O)N(C)OC. The fourth-order valence-electron chi connectivity index (χ4n) is 1.35. The third kappa shape index (κ3) is 3.75. The summed E-state index contributed by atoms with van der Waals surface area (Å²) in [5.74, 6) is 0.398. The molecule has 0 atom stereocenters. The van der Waals surface area contributed by atoms with Crippen LogP contribution in [0.5, 0.6) is 5.75 Å². The van der Waals surface area contributed by atoms with Crippen molar-refractivity contribution in [2.45, 2.75) is 19.8 Å². The molecule has 1 rings (SSSR count). The summed E-state index contributed by atoms with van der Waals surface area (Å²) in [6.07, 6.45) is 2.04. The molecule has 0 unspecified atom stereocenters. The minimum absolute atomic E-state index is 0.209. The number of carbonyl (C=O) groups excluding carboxylic acids is 1. The van der Waals surface area contributed by atoms with Crippen molar-refractivity contribution in [3.63, 3.8) is 0 Å². The van der Waals surface area contributed by atoms with Gasteiger partial charge < -0.3 is 4.74 Å². The molecule has 0 aliphatic heterocycles. The molecule has 1 amide bonds. The number of rotatable bonds is 6. The van der Waals surface area contributed by atoms with Crippen LogP contribution < -0.4 is 4.74 Å². The van der Waals surface area contributed by atoms with Gasteiger partial charge in [-0.15, -0.1) is 0 Å². The summed E-state index contributed by atoms with van der Waals surface area (Å²) < 4.78 is 5.59. The molecule has 94 valence electrons. The standard InChI is InChI=1S/C13H19NO3/c1-4-5-10-17-12-9-7-6-8-11(12)13(15)14(2)16-3/h6-9H,4-5,10H2,1-3H3. The molecule has 0 aliphatic carbocycles. The van der Waals surface area contributed by atoms with Crippen molar-refractivity contribution in [3.05, 3.63) is 29.8 Å². The highest BCUT2D eigenvalue weighted by molar-refractivity contribution is 5.96. The molecule has 0 N–H and O–H groups in total. The number of nitrogens with zero attached hydrogens (tertiary/aromatic N) is 1. The highest BCUT2D eigenvalue weighted by Crippen LogP contribution is 2.19. The fraction of sp³-hybridized carbons (Fsp3) is 0.462. The Hall–Kier alpha value is -1.55. The lowest BCUT2D eigenvalue weighted by molar-refractivity contribution is -0.0758. The minimum atomic E-state index is -0.209. The number of unbranched alkanes of at least 4 members (excludes halogenated alkanes) is 1. The number of benzene rings is 1. The van der Waals surface area contributed by atoms with Crippen molar-refractivity contribution in [1.82, 2.24) is 5.06 Å². The van der Waals surface area contributed by atoms with Crippen LogP contribution in [0.1, 0.15) is 30.1 Å². The molecule has 4 nitrogen and oxygen atoms in total. The van der Waals surface area contributed by atoms with E-state index in [9.17, 15) is 4.79 Å². The summed E-state index contributed by atoms with van der Waals surface area (Å²) in [5, 5.41) is 1.18. The maximum atomic E-state index is 12.0. The molecule has 0 saturated heterocycles. The second-order valence-corrected chi connectivity index (χ2v) is 3.68. The van der Waals surface area contributed by atoms with Crippen LogP contribution in [0, 0.1) is 0 Å². The lowest BCUT2D eigenvalue weighted by Gasteiger charge is -2.16. The number of carbonyl (C=O) groups is 1. The molecule has 0 aromatic heterocycles. The van der Waals surface area contributed by atoms with Gasteiger partial charge in [0.05, 0.1) is 19.3 Å². The number of amides is 1. The summed E-state index contributed by atoms with van der Waals surface area (Å²) in [5.41, 5.74) is 0.521. The van der Waals surface area contributed by atoms with E-state index in [4.69, 9.17) is 9.57 Å². The first-order chi connectivity index (χ1) is 8.20. The Balaban J connectivity index is 2.80. The van der Waals surface area contributed by atoms with E-state index in [-0.39, 0.29) is 5.91 Å². The molecule has 0 spiro atoms. The maximum absolute atomic E-state index is 12.0. The average molecular weight is 237 g/mol. The first kappa shape index (κ1) is 13.5. The van der Waals surface area contributed by atoms with Gasteiger partial charge in [0.2, 0.25) is 0 Å². The van der Waals surface area contributed by atoms with E-state index in [1.165, 1.54) is 12.2 Å². The Labute approximate surface area is 102 Å². The molecule has 0 radical (unpaired) electrons. The number of hydroxylamine groups is 2. The third-order valence-corrected chi connectivity index (χ3v) is 2.43. The van der Waals surface area contributed by atoms with Crippen LogP contribution >= 0.6 is 0 Å². The summed E-state index contributed by atoms with van der Waals surface area (Å²) in [6.45, 7) is 2.72. The van der Waals surface area contributed by atoms with Crippen molar-refractivity contribution < 1.29 is 14.4 Å². The summed E-state index contributed by atoms with van der Waals surface area (Å²) in [6, 6.07) is 7.19. The third-order valence-electron chi connectivity index (χ3n) is 2.43. The zero-order valence-electron chi connectivity index (χ0n) is 10.6. The molecule has 0 bridgehead atoms. The van der Waals surface area contributed by atoms with E-state index < -0.39 is 0 Å². The Bertz CT molecular complexity index is 365. The molecule has 17 heavy (non-hydrogen) atoms. The molecule has 0 saturated carbocycles. The highest BCUT2D eigenvalue weighted by Gasteiger charge is 2.15. The molecule has 0 aliphatic rings. The number of ether oxygens (including phenoxy) is 1. The van der Waals surface area contributed by atoms with Gasteiger partial charge in [0.25, 0.3) is 5.91 Å². The van der Waals surface area contributed by atoms with Crippen molar-refractivity contribution in [1.29, 1.82) is 0 Å². The Morgan fingerprint density at radius 3 is 2.71 bits per heavy atom. The van der Waals surface area contributed by atoms with Gasteiger partial charge in [0.15, 0.2) is 0 Å². The Kier molecular flexibility index (Phi) is 5.49. The van der Waals surface area contributed by atoms with E-state index >= 15 is 0 Å². The zero-order chi connectivity index (χ0) is 12.7. The second kappa shape index (κ2) is 6.91. The van der Waals surface area contributed by atoms with Crippen molar-refractivity contribution in [3.8, 4) is 5.75 Å². The van der Waals surface area contributed by atoms with Crippen molar-refractivity contribution in [2.24, 2.45) is 0 Å². The quantitative estimate of drug-likeness (QED) is 0.563. The van der Waals surface area contributed by atoms with E-state index in [0.717, 1.165) is 12.8 Å². The highest BCUT2D eigenvalue weighted by atomic mass is 16.7.